The maximum absolute atomic E-state index is 12.5. The Hall–Kier alpha value is -1.95. The maximum Gasteiger partial charge on any atom is 0.327 e. The van der Waals surface area contributed by atoms with Gasteiger partial charge < -0.3 is 15.0 Å². The van der Waals surface area contributed by atoms with Crippen LogP contribution in [0.3, 0.4) is 0 Å². The molecule has 0 saturated carbocycles. The largest absolute Gasteiger partial charge is 0.480 e. The molecule has 1 aromatic carbocycles. The van der Waals surface area contributed by atoms with Crippen molar-refractivity contribution in [2.24, 2.45) is 0 Å². The first kappa shape index (κ1) is 14.0. The molecular formula is C15H16N2O3S. The number of para-hydroxylation sites is 1. The number of benzene rings is 1. The first-order valence-corrected chi connectivity index (χ1v) is 7.83. The number of nitrogens with zero attached hydrogens (tertiary/aromatic N) is 1. The number of H-pyrrole nitrogens is 1. The van der Waals surface area contributed by atoms with E-state index in [0.717, 1.165) is 16.5 Å². The number of carbonyl (C=O) groups is 2. The highest BCUT2D eigenvalue weighted by molar-refractivity contribution is 8.00. The standard InChI is InChI=1S/C15H16N2O3S/c1-9-17(13(8-21-9)15(19)20)14(18)6-10-7-16-12-5-3-2-4-11(10)12/h2-5,7,9,13,16H,6,8H2,1H3,(H,19,20). The van der Waals surface area contributed by atoms with Crippen molar-refractivity contribution >= 4 is 34.5 Å². The fourth-order valence-electron chi connectivity index (χ4n) is 2.74. The van der Waals surface area contributed by atoms with E-state index in [1.54, 1.807) is 0 Å². The molecule has 1 aromatic heterocycles. The Bertz CT molecular complexity index is 697. The van der Waals surface area contributed by atoms with Gasteiger partial charge in [-0.2, -0.15) is 0 Å². The highest BCUT2D eigenvalue weighted by atomic mass is 32.2. The van der Waals surface area contributed by atoms with E-state index >= 15 is 0 Å². The van der Waals surface area contributed by atoms with Crippen molar-refractivity contribution in [1.29, 1.82) is 0 Å². The van der Waals surface area contributed by atoms with E-state index in [-0.39, 0.29) is 17.7 Å². The van der Waals surface area contributed by atoms with Gasteiger partial charge in [0.05, 0.1) is 11.8 Å². The van der Waals surface area contributed by atoms with Gasteiger partial charge in [0.2, 0.25) is 5.91 Å². The van der Waals surface area contributed by atoms with Crippen LogP contribution < -0.4 is 0 Å². The number of carboxylic acid groups (broad SMARTS) is 1. The average Bonchev–Trinajstić information content (AvgIpc) is 3.03. The second-order valence-corrected chi connectivity index (χ2v) is 6.47. The van der Waals surface area contributed by atoms with Crippen molar-refractivity contribution in [3.8, 4) is 0 Å². The summed E-state index contributed by atoms with van der Waals surface area (Å²) in [6.07, 6.45) is 2.05. The van der Waals surface area contributed by atoms with Gasteiger partial charge in [0.15, 0.2) is 0 Å². The number of carboxylic acids is 1. The van der Waals surface area contributed by atoms with E-state index in [4.69, 9.17) is 0 Å². The Morgan fingerprint density at radius 3 is 2.95 bits per heavy atom. The van der Waals surface area contributed by atoms with Crippen molar-refractivity contribution < 1.29 is 14.7 Å². The Kier molecular flexibility index (Phi) is 3.63. The lowest BCUT2D eigenvalue weighted by atomic mass is 10.1. The molecular weight excluding hydrogens is 288 g/mol. The number of hydrogen-bond acceptors (Lipinski definition) is 3. The van der Waals surface area contributed by atoms with E-state index in [0.29, 0.717) is 5.75 Å². The van der Waals surface area contributed by atoms with Gasteiger partial charge in [-0.1, -0.05) is 18.2 Å². The Balaban J connectivity index is 1.84. The molecule has 21 heavy (non-hydrogen) atoms. The SMILES string of the molecule is CC1SCC(C(=O)O)N1C(=O)Cc1c[nH]c2ccccc12. The predicted molar refractivity (Wildman–Crippen MR) is 82.2 cm³/mol. The van der Waals surface area contributed by atoms with Crippen LogP contribution in [-0.4, -0.2) is 44.0 Å². The average molecular weight is 304 g/mol. The van der Waals surface area contributed by atoms with Gasteiger partial charge in [-0.05, 0) is 18.6 Å². The lowest BCUT2D eigenvalue weighted by Gasteiger charge is -2.24. The quantitative estimate of drug-likeness (QED) is 0.910. The number of aromatic nitrogens is 1. The molecule has 1 saturated heterocycles. The molecule has 1 fully saturated rings. The Morgan fingerprint density at radius 2 is 2.19 bits per heavy atom. The molecule has 5 nitrogen and oxygen atoms in total. The first-order chi connectivity index (χ1) is 10.1. The molecule has 0 bridgehead atoms. The Labute approximate surface area is 126 Å². The van der Waals surface area contributed by atoms with E-state index < -0.39 is 12.0 Å². The van der Waals surface area contributed by atoms with Gasteiger partial charge in [0.1, 0.15) is 6.04 Å². The zero-order valence-electron chi connectivity index (χ0n) is 11.6. The zero-order chi connectivity index (χ0) is 15.0. The first-order valence-electron chi connectivity index (χ1n) is 6.78. The summed E-state index contributed by atoms with van der Waals surface area (Å²) in [5.74, 6) is -0.611. The minimum absolute atomic E-state index is 0.0937. The van der Waals surface area contributed by atoms with Gasteiger partial charge in [-0.15, -0.1) is 11.8 Å². The van der Waals surface area contributed by atoms with E-state index in [2.05, 4.69) is 4.98 Å². The summed E-state index contributed by atoms with van der Waals surface area (Å²) in [6.45, 7) is 1.88. The summed E-state index contributed by atoms with van der Waals surface area (Å²) in [7, 11) is 0. The molecule has 1 aliphatic rings. The van der Waals surface area contributed by atoms with Crippen LogP contribution in [0.15, 0.2) is 30.5 Å². The predicted octanol–water partition coefficient (Wildman–Crippen LogP) is 2.08. The van der Waals surface area contributed by atoms with Crippen molar-refractivity contribution in [2.75, 3.05) is 5.75 Å². The molecule has 2 atom stereocenters. The molecule has 2 N–H and O–H groups in total. The van der Waals surface area contributed by atoms with E-state index in [1.807, 2.05) is 37.4 Å². The van der Waals surface area contributed by atoms with Crippen LogP contribution in [0.4, 0.5) is 0 Å². The second kappa shape index (κ2) is 5.44. The summed E-state index contributed by atoms with van der Waals surface area (Å²) >= 11 is 1.50. The molecule has 1 amide bonds. The van der Waals surface area contributed by atoms with Crippen LogP contribution in [0, 0.1) is 0 Å². The topological polar surface area (TPSA) is 73.4 Å². The molecule has 2 heterocycles. The number of thioether (sulfide) groups is 1. The molecule has 1 aliphatic heterocycles. The number of rotatable bonds is 3. The van der Waals surface area contributed by atoms with E-state index in [1.165, 1.54) is 16.7 Å². The van der Waals surface area contributed by atoms with Crippen molar-refractivity contribution in [3.63, 3.8) is 0 Å². The third kappa shape index (κ3) is 2.51. The normalized spacial score (nSPS) is 21.9. The van der Waals surface area contributed by atoms with Crippen molar-refractivity contribution in [1.82, 2.24) is 9.88 Å². The van der Waals surface area contributed by atoms with Crippen LogP contribution in [-0.2, 0) is 16.0 Å². The van der Waals surface area contributed by atoms with E-state index in [9.17, 15) is 14.7 Å². The molecule has 0 aliphatic carbocycles. The monoisotopic (exact) mass is 304 g/mol. The minimum atomic E-state index is -0.931. The summed E-state index contributed by atoms with van der Waals surface area (Å²) in [4.78, 5) is 28.4. The third-order valence-corrected chi connectivity index (χ3v) is 5.03. The van der Waals surface area contributed by atoms with Crippen LogP contribution in [0.5, 0.6) is 0 Å². The number of amides is 1. The fraction of sp³-hybridized carbons (Fsp3) is 0.333. The van der Waals surface area contributed by atoms with Gasteiger partial charge in [-0.25, -0.2) is 4.79 Å². The number of fused-ring (bicyclic) bond motifs is 1. The summed E-state index contributed by atoms with van der Waals surface area (Å²) < 4.78 is 0. The second-order valence-electron chi connectivity index (χ2n) is 5.12. The number of nitrogens with one attached hydrogen (secondary N) is 1. The van der Waals surface area contributed by atoms with Crippen LogP contribution >= 0.6 is 11.8 Å². The molecule has 3 rings (SSSR count). The lowest BCUT2D eigenvalue weighted by Crippen LogP contribution is -2.45. The highest BCUT2D eigenvalue weighted by Crippen LogP contribution is 2.30. The van der Waals surface area contributed by atoms with Gasteiger partial charge in [0, 0.05) is 22.9 Å². The molecule has 0 radical (unpaired) electrons. The zero-order valence-corrected chi connectivity index (χ0v) is 12.4. The molecule has 2 aromatic rings. The van der Waals surface area contributed by atoms with Gasteiger partial charge in [0.25, 0.3) is 0 Å². The lowest BCUT2D eigenvalue weighted by molar-refractivity contribution is -0.148. The van der Waals surface area contributed by atoms with Crippen LogP contribution in [0.2, 0.25) is 0 Å². The smallest absolute Gasteiger partial charge is 0.327 e. The molecule has 6 heteroatoms. The molecule has 2 unspecified atom stereocenters. The summed E-state index contributed by atoms with van der Waals surface area (Å²) in [5, 5.41) is 10.2. The highest BCUT2D eigenvalue weighted by Gasteiger charge is 2.39. The Morgan fingerprint density at radius 1 is 1.43 bits per heavy atom. The van der Waals surface area contributed by atoms with Crippen LogP contribution in [0.1, 0.15) is 12.5 Å². The number of hydrogen-bond donors (Lipinski definition) is 2. The van der Waals surface area contributed by atoms with Crippen LogP contribution in [0.25, 0.3) is 10.9 Å². The number of carbonyl (C=O) groups excluding carboxylic acids is 1. The van der Waals surface area contributed by atoms with Crippen molar-refractivity contribution in [2.45, 2.75) is 24.8 Å². The third-order valence-electron chi connectivity index (χ3n) is 3.81. The minimum Gasteiger partial charge on any atom is -0.480 e. The maximum atomic E-state index is 12.5. The van der Waals surface area contributed by atoms with Gasteiger partial charge in [-0.3, -0.25) is 4.79 Å². The fourth-order valence-corrected chi connectivity index (χ4v) is 3.93. The number of aromatic amines is 1. The number of aliphatic carboxylic acids is 1. The summed E-state index contributed by atoms with van der Waals surface area (Å²) in [6, 6.07) is 7.06. The molecule has 0 spiro atoms. The summed E-state index contributed by atoms with van der Waals surface area (Å²) in [5.41, 5.74) is 1.89. The van der Waals surface area contributed by atoms with Crippen molar-refractivity contribution in [3.05, 3.63) is 36.0 Å². The molecule has 110 valence electrons. The van der Waals surface area contributed by atoms with Gasteiger partial charge >= 0.3 is 5.97 Å².